The monoisotopic (exact) mass is 374 g/mol. The van der Waals surface area contributed by atoms with Crippen LogP contribution in [0.2, 0.25) is 0 Å². The lowest BCUT2D eigenvalue weighted by molar-refractivity contribution is -0.139. The molecule has 1 aliphatic heterocycles. The highest BCUT2D eigenvalue weighted by molar-refractivity contribution is 5.72. The molecule has 0 aromatic heterocycles. The number of hydrogen-bond acceptors (Lipinski definition) is 4. The van der Waals surface area contributed by atoms with Gasteiger partial charge in [0.1, 0.15) is 11.5 Å². The maximum absolute atomic E-state index is 11.5. The van der Waals surface area contributed by atoms with Gasteiger partial charge in [0.2, 0.25) is 0 Å². The second kappa shape index (κ2) is 7.77. The quantitative estimate of drug-likeness (QED) is 0.687. The molecule has 4 heteroatoms. The third kappa shape index (κ3) is 3.58. The minimum absolute atomic E-state index is 0.0467. The number of carbonyl (C=O) groups is 1. The summed E-state index contributed by atoms with van der Waals surface area (Å²) in [6, 6.07) is 23.6. The van der Waals surface area contributed by atoms with Crippen LogP contribution in [0.25, 0.3) is 0 Å². The van der Waals surface area contributed by atoms with E-state index in [-0.39, 0.29) is 30.0 Å². The molecule has 3 aromatic rings. The van der Waals surface area contributed by atoms with Crippen molar-refractivity contribution in [2.75, 3.05) is 13.7 Å². The first-order valence-electron chi connectivity index (χ1n) is 9.32. The molecule has 0 bridgehead atoms. The number of carbonyl (C=O) groups excluding carboxylic acids is 1. The lowest BCUT2D eigenvalue weighted by Crippen LogP contribution is -2.25. The van der Waals surface area contributed by atoms with Gasteiger partial charge >= 0.3 is 5.97 Å². The lowest BCUT2D eigenvalue weighted by atomic mass is 9.75. The molecule has 4 nitrogen and oxygen atoms in total. The standard InChI is InChI=1S/C24H22O4/c1-27-23(26)13-16-7-9-18(10-8-16)24-20-14-19(25)11-12-22(20)28-15-21(24)17-5-3-2-4-6-17/h2-12,14,21,24-25H,13,15H2,1H3/t21-,24-/m1/s1. The molecule has 0 saturated carbocycles. The van der Waals surface area contributed by atoms with Gasteiger partial charge < -0.3 is 14.6 Å². The van der Waals surface area contributed by atoms with Gasteiger partial charge in [-0.05, 0) is 34.9 Å². The minimum Gasteiger partial charge on any atom is -0.508 e. The summed E-state index contributed by atoms with van der Waals surface area (Å²) in [5.74, 6) is 0.945. The Hall–Kier alpha value is -3.27. The number of phenols is 1. The average Bonchev–Trinajstić information content (AvgIpc) is 2.74. The third-order valence-electron chi connectivity index (χ3n) is 5.29. The zero-order chi connectivity index (χ0) is 19.5. The number of esters is 1. The second-order valence-corrected chi connectivity index (χ2v) is 7.02. The van der Waals surface area contributed by atoms with E-state index in [4.69, 9.17) is 9.47 Å². The highest BCUT2D eigenvalue weighted by Crippen LogP contribution is 2.46. The number of fused-ring (bicyclic) bond motifs is 1. The summed E-state index contributed by atoms with van der Waals surface area (Å²) in [7, 11) is 1.40. The highest BCUT2D eigenvalue weighted by Gasteiger charge is 2.33. The molecule has 2 atom stereocenters. The van der Waals surface area contributed by atoms with E-state index < -0.39 is 0 Å². The van der Waals surface area contributed by atoms with Gasteiger partial charge in [-0.3, -0.25) is 4.79 Å². The Kier molecular flexibility index (Phi) is 5.02. The number of rotatable bonds is 4. The molecule has 3 aromatic carbocycles. The SMILES string of the molecule is COC(=O)Cc1ccc([C@@H]2c3cc(O)ccc3OC[C@@H]2c2ccccc2)cc1. The van der Waals surface area contributed by atoms with E-state index in [0.717, 1.165) is 22.4 Å². The van der Waals surface area contributed by atoms with Gasteiger partial charge in [0.25, 0.3) is 0 Å². The van der Waals surface area contributed by atoms with Crippen molar-refractivity contribution in [1.82, 2.24) is 0 Å². The summed E-state index contributed by atoms with van der Waals surface area (Å²) in [6.07, 6.45) is 0.254. The van der Waals surface area contributed by atoms with Gasteiger partial charge in [-0.25, -0.2) is 0 Å². The highest BCUT2D eigenvalue weighted by atomic mass is 16.5. The number of phenolic OH excluding ortho intramolecular Hbond substituents is 1. The van der Waals surface area contributed by atoms with Crippen LogP contribution >= 0.6 is 0 Å². The fraction of sp³-hybridized carbons (Fsp3) is 0.208. The molecular weight excluding hydrogens is 352 g/mol. The molecule has 1 aliphatic rings. The molecule has 4 rings (SSSR count). The van der Waals surface area contributed by atoms with E-state index in [1.54, 1.807) is 12.1 Å². The van der Waals surface area contributed by atoms with Crippen LogP contribution in [0.3, 0.4) is 0 Å². The zero-order valence-corrected chi connectivity index (χ0v) is 15.7. The Balaban J connectivity index is 1.75. The van der Waals surface area contributed by atoms with Crippen molar-refractivity contribution >= 4 is 5.97 Å². The molecule has 142 valence electrons. The number of aromatic hydroxyl groups is 1. The van der Waals surface area contributed by atoms with Crippen LogP contribution in [0.4, 0.5) is 0 Å². The third-order valence-corrected chi connectivity index (χ3v) is 5.29. The summed E-state index contributed by atoms with van der Waals surface area (Å²) in [6.45, 7) is 0.566. The van der Waals surface area contributed by atoms with E-state index >= 15 is 0 Å². The molecule has 1 N–H and O–H groups in total. The van der Waals surface area contributed by atoms with Crippen molar-refractivity contribution in [1.29, 1.82) is 0 Å². The average molecular weight is 374 g/mol. The molecule has 0 aliphatic carbocycles. The van der Waals surface area contributed by atoms with Crippen molar-refractivity contribution < 1.29 is 19.4 Å². The fourth-order valence-corrected chi connectivity index (χ4v) is 3.89. The summed E-state index contributed by atoms with van der Waals surface area (Å²) in [5, 5.41) is 10.1. The zero-order valence-electron chi connectivity index (χ0n) is 15.7. The Morgan fingerprint density at radius 2 is 1.79 bits per heavy atom. The number of ether oxygens (including phenoxy) is 2. The molecule has 0 radical (unpaired) electrons. The van der Waals surface area contributed by atoms with Crippen molar-refractivity contribution in [3.8, 4) is 11.5 Å². The van der Waals surface area contributed by atoms with Crippen molar-refractivity contribution in [3.05, 3.63) is 95.1 Å². The van der Waals surface area contributed by atoms with Gasteiger partial charge in [-0.15, -0.1) is 0 Å². The van der Waals surface area contributed by atoms with Crippen LogP contribution in [-0.2, 0) is 16.0 Å². The Morgan fingerprint density at radius 3 is 2.50 bits per heavy atom. The molecular formula is C24H22O4. The smallest absolute Gasteiger partial charge is 0.309 e. The van der Waals surface area contributed by atoms with Crippen LogP contribution in [0, 0.1) is 0 Å². The molecule has 0 amide bonds. The number of hydrogen-bond donors (Lipinski definition) is 1. The molecule has 0 fully saturated rings. The normalized spacial score (nSPS) is 18.0. The van der Waals surface area contributed by atoms with Gasteiger partial charge in [0, 0.05) is 17.4 Å². The maximum atomic E-state index is 11.5. The van der Waals surface area contributed by atoms with E-state index in [1.807, 2.05) is 36.4 Å². The Labute approximate surface area is 164 Å². The van der Waals surface area contributed by atoms with Crippen molar-refractivity contribution in [2.24, 2.45) is 0 Å². The van der Waals surface area contributed by atoms with Crippen molar-refractivity contribution in [3.63, 3.8) is 0 Å². The Morgan fingerprint density at radius 1 is 1.04 bits per heavy atom. The van der Waals surface area contributed by atoms with E-state index in [0.29, 0.717) is 6.61 Å². The van der Waals surface area contributed by atoms with Gasteiger partial charge in [0.15, 0.2) is 0 Å². The summed E-state index contributed by atoms with van der Waals surface area (Å²) in [5.41, 5.74) is 4.20. The summed E-state index contributed by atoms with van der Waals surface area (Å²) >= 11 is 0. The molecule has 28 heavy (non-hydrogen) atoms. The van der Waals surface area contributed by atoms with Crippen LogP contribution in [0.15, 0.2) is 72.8 Å². The van der Waals surface area contributed by atoms with Gasteiger partial charge in [0.05, 0.1) is 20.1 Å². The van der Waals surface area contributed by atoms with E-state index in [9.17, 15) is 9.90 Å². The maximum Gasteiger partial charge on any atom is 0.309 e. The number of benzene rings is 3. The molecule has 0 spiro atoms. The molecule has 1 heterocycles. The summed E-state index contributed by atoms with van der Waals surface area (Å²) in [4.78, 5) is 11.5. The molecule has 0 unspecified atom stereocenters. The lowest BCUT2D eigenvalue weighted by Gasteiger charge is -2.34. The van der Waals surface area contributed by atoms with Gasteiger partial charge in [-0.2, -0.15) is 0 Å². The topological polar surface area (TPSA) is 55.8 Å². The Bertz CT molecular complexity index is 964. The first-order valence-corrected chi connectivity index (χ1v) is 9.32. The first kappa shape index (κ1) is 18.1. The minimum atomic E-state index is -0.253. The van der Waals surface area contributed by atoms with E-state index in [2.05, 4.69) is 24.3 Å². The molecule has 0 saturated heterocycles. The van der Waals surface area contributed by atoms with Crippen LogP contribution in [-0.4, -0.2) is 24.8 Å². The van der Waals surface area contributed by atoms with Crippen LogP contribution in [0.1, 0.15) is 34.1 Å². The largest absolute Gasteiger partial charge is 0.508 e. The van der Waals surface area contributed by atoms with Crippen LogP contribution < -0.4 is 4.74 Å². The number of methoxy groups -OCH3 is 1. The van der Waals surface area contributed by atoms with Crippen LogP contribution in [0.5, 0.6) is 11.5 Å². The fourth-order valence-electron chi connectivity index (χ4n) is 3.89. The van der Waals surface area contributed by atoms with Crippen molar-refractivity contribution in [2.45, 2.75) is 18.3 Å². The first-order chi connectivity index (χ1) is 13.7. The van der Waals surface area contributed by atoms with E-state index in [1.165, 1.54) is 12.7 Å². The second-order valence-electron chi connectivity index (χ2n) is 7.02. The van der Waals surface area contributed by atoms with Gasteiger partial charge in [-0.1, -0.05) is 54.6 Å². The predicted molar refractivity (Wildman–Crippen MR) is 107 cm³/mol. The predicted octanol–water partition coefficient (Wildman–Crippen LogP) is 4.42. The summed E-state index contributed by atoms with van der Waals surface area (Å²) < 4.78 is 10.8.